The van der Waals surface area contributed by atoms with Gasteiger partial charge in [-0.05, 0) is 49.7 Å². The Labute approximate surface area is 146 Å². The Hall–Kier alpha value is -3.33. The van der Waals surface area contributed by atoms with Crippen LogP contribution in [0.3, 0.4) is 0 Å². The quantitative estimate of drug-likeness (QED) is 0.818. The van der Waals surface area contributed by atoms with E-state index in [4.69, 9.17) is 14.7 Å². The number of nitrogens with zero attached hydrogens (tertiary/aromatic N) is 1. The fraction of sp³-hybridized carbons (Fsp3) is 0.211. The number of ether oxygens (including phenoxy) is 2. The molecular weight excluding hydrogens is 320 g/mol. The molecule has 6 heteroatoms. The van der Waals surface area contributed by atoms with E-state index in [9.17, 15) is 9.59 Å². The molecule has 0 heterocycles. The zero-order valence-corrected chi connectivity index (χ0v) is 14.0. The first-order valence-electron chi connectivity index (χ1n) is 7.68. The summed E-state index contributed by atoms with van der Waals surface area (Å²) in [6.07, 6.45) is -0.987. The predicted octanol–water partition coefficient (Wildman–Crippen LogP) is 2.82. The van der Waals surface area contributed by atoms with Gasteiger partial charge in [0, 0.05) is 5.69 Å². The lowest BCUT2D eigenvalue weighted by Gasteiger charge is -2.14. The van der Waals surface area contributed by atoms with Crippen molar-refractivity contribution in [2.24, 2.45) is 0 Å². The summed E-state index contributed by atoms with van der Waals surface area (Å²) in [6, 6.07) is 15.7. The molecule has 0 aromatic heterocycles. The average Bonchev–Trinajstić information content (AvgIpc) is 2.60. The van der Waals surface area contributed by atoms with Gasteiger partial charge in [0.05, 0.1) is 11.6 Å². The van der Waals surface area contributed by atoms with Crippen LogP contribution in [0.25, 0.3) is 0 Å². The SMILES string of the molecule is Cc1cccc(OCC(=O)O[C@@H](C)C(=O)Nc2cccc(C#N)c2)c1. The predicted molar refractivity (Wildman–Crippen MR) is 92.0 cm³/mol. The van der Waals surface area contributed by atoms with Crippen molar-refractivity contribution >= 4 is 17.6 Å². The van der Waals surface area contributed by atoms with Crippen LogP contribution in [-0.2, 0) is 14.3 Å². The molecule has 0 spiro atoms. The molecule has 6 nitrogen and oxygen atoms in total. The van der Waals surface area contributed by atoms with Crippen LogP contribution in [0.2, 0.25) is 0 Å². The fourth-order valence-electron chi connectivity index (χ4n) is 2.04. The number of nitriles is 1. The Bertz CT molecular complexity index is 811. The maximum Gasteiger partial charge on any atom is 0.344 e. The molecule has 128 valence electrons. The molecule has 0 unspecified atom stereocenters. The van der Waals surface area contributed by atoms with Crippen LogP contribution in [0.4, 0.5) is 5.69 Å². The number of carbonyl (C=O) groups is 2. The molecule has 2 aromatic carbocycles. The molecule has 25 heavy (non-hydrogen) atoms. The average molecular weight is 338 g/mol. The molecule has 0 fully saturated rings. The molecular formula is C19H18N2O4. The molecule has 0 aliphatic carbocycles. The maximum atomic E-state index is 12.1. The highest BCUT2D eigenvalue weighted by Crippen LogP contribution is 2.13. The van der Waals surface area contributed by atoms with E-state index in [1.807, 2.05) is 25.1 Å². The molecule has 0 aliphatic rings. The second-order valence-corrected chi connectivity index (χ2v) is 5.42. The zero-order chi connectivity index (χ0) is 18.2. The lowest BCUT2D eigenvalue weighted by atomic mass is 10.2. The minimum absolute atomic E-state index is 0.287. The van der Waals surface area contributed by atoms with Crippen LogP contribution in [-0.4, -0.2) is 24.6 Å². The van der Waals surface area contributed by atoms with Gasteiger partial charge in [-0.1, -0.05) is 18.2 Å². The summed E-state index contributed by atoms with van der Waals surface area (Å²) < 4.78 is 10.4. The molecule has 0 bridgehead atoms. The minimum atomic E-state index is -0.987. The van der Waals surface area contributed by atoms with Crippen LogP contribution < -0.4 is 10.1 Å². The second-order valence-electron chi connectivity index (χ2n) is 5.42. The number of anilines is 1. The normalized spacial score (nSPS) is 11.1. The number of hydrogen-bond acceptors (Lipinski definition) is 5. The molecule has 1 atom stereocenters. The highest BCUT2D eigenvalue weighted by molar-refractivity contribution is 5.95. The third-order valence-electron chi connectivity index (χ3n) is 3.28. The summed E-state index contributed by atoms with van der Waals surface area (Å²) >= 11 is 0. The van der Waals surface area contributed by atoms with Crippen LogP contribution in [0.1, 0.15) is 18.1 Å². The lowest BCUT2D eigenvalue weighted by Crippen LogP contribution is -2.31. The molecule has 0 saturated carbocycles. The summed E-state index contributed by atoms with van der Waals surface area (Å²) in [5, 5.41) is 11.4. The van der Waals surface area contributed by atoms with Gasteiger partial charge in [0.25, 0.3) is 5.91 Å². The van der Waals surface area contributed by atoms with Crippen molar-refractivity contribution in [2.45, 2.75) is 20.0 Å². The smallest absolute Gasteiger partial charge is 0.344 e. The largest absolute Gasteiger partial charge is 0.482 e. The van der Waals surface area contributed by atoms with Gasteiger partial charge >= 0.3 is 5.97 Å². The first-order chi connectivity index (χ1) is 12.0. The standard InChI is InChI=1S/C19H18N2O4/c1-13-5-3-8-17(9-13)24-12-18(22)25-14(2)19(23)21-16-7-4-6-15(10-16)11-20/h3-10,14H,12H2,1-2H3,(H,21,23)/t14-/m0/s1. The molecule has 1 amide bonds. The molecule has 0 aliphatic heterocycles. The number of carbonyl (C=O) groups excluding carboxylic acids is 2. The highest BCUT2D eigenvalue weighted by atomic mass is 16.6. The number of aryl methyl sites for hydroxylation is 1. The fourth-order valence-corrected chi connectivity index (χ4v) is 2.04. The van der Waals surface area contributed by atoms with E-state index >= 15 is 0 Å². The van der Waals surface area contributed by atoms with Gasteiger partial charge in [0.2, 0.25) is 0 Å². The Morgan fingerprint density at radius 2 is 1.96 bits per heavy atom. The minimum Gasteiger partial charge on any atom is -0.482 e. The van der Waals surface area contributed by atoms with Gasteiger partial charge in [0.1, 0.15) is 5.75 Å². The summed E-state index contributed by atoms with van der Waals surface area (Å²) in [7, 11) is 0. The summed E-state index contributed by atoms with van der Waals surface area (Å²) in [6.45, 7) is 3.10. The topological polar surface area (TPSA) is 88.4 Å². The third kappa shape index (κ3) is 5.66. The van der Waals surface area contributed by atoms with Crippen LogP contribution >= 0.6 is 0 Å². The van der Waals surface area contributed by atoms with Gasteiger partial charge < -0.3 is 14.8 Å². The Balaban J connectivity index is 1.83. The molecule has 2 rings (SSSR count). The number of rotatable bonds is 6. The van der Waals surface area contributed by atoms with Crippen LogP contribution in [0.15, 0.2) is 48.5 Å². The van der Waals surface area contributed by atoms with E-state index in [1.165, 1.54) is 13.0 Å². The van der Waals surface area contributed by atoms with Crippen molar-refractivity contribution in [2.75, 3.05) is 11.9 Å². The van der Waals surface area contributed by atoms with Crippen molar-refractivity contribution < 1.29 is 19.1 Å². The summed E-state index contributed by atoms with van der Waals surface area (Å²) in [5.74, 6) is -0.573. The van der Waals surface area contributed by atoms with Gasteiger partial charge in [0.15, 0.2) is 12.7 Å². The number of esters is 1. The van der Waals surface area contributed by atoms with Crippen LogP contribution in [0, 0.1) is 18.3 Å². The molecule has 0 saturated heterocycles. The molecule has 1 N–H and O–H groups in total. The van der Waals surface area contributed by atoms with Crippen LogP contribution in [0.5, 0.6) is 5.75 Å². The van der Waals surface area contributed by atoms with Crippen molar-refractivity contribution in [1.29, 1.82) is 5.26 Å². The highest BCUT2D eigenvalue weighted by Gasteiger charge is 2.18. The lowest BCUT2D eigenvalue weighted by molar-refractivity contribution is -0.155. The molecule has 2 aromatic rings. The first-order valence-corrected chi connectivity index (χ1v) is 7.68. The monoisotopic (exact) mass is 338 g/mol. The first kappa shape index (κ1) is 18.0. The van der Waals surface area contributed by atoms with E-state index < -0.39 is 18.0 Å². The van der Waals surface area contributed by atoms with Gasteiger partial charge in [-0.3, -0.25) is 4.79 Å². The number of hydrogen-bond donors (Lipinski definition) is 1. The Kier molecular flexibility index (Phi) is 6.13. The van der Waals surface area contributed by atoms with E-state index in [0.29, 0.717) is 17.0 Å². The van der Waals surface area contributed by atoms with Crippen molar-refractivity contribution in [1.82, 2.24) is 0 Å². The Morgan fingerprint density at radius 1 is 1.20 bits per heavy atom. The van der Waals surface area contributed by atoms with Gasteiger partial charge in [-0.25, -0.2) is 4.79 Å². The Morgan fingerprint density at radius 3 is 2.68 bits per heavy atom. The van der Waals surface area contributed by atoms with Crippen molar-refractivity contribution in [3.05, 3.63) is 59.7 Å². The number of nitrogens with one attached hydrogen (secondary N) is 1. The van der Waals surface area contributed by atoms with Crippen molar-refractivity contribution in [3.8, 4) is 11.8 Å². The van der Waals surface area contributed by atoms with E-state index in [-0.39, 0.29) is 6.61 Å². The third-order valence-corrected chi connectivity index (χ3v) is 3.28. The number of benzene rings is 2. The van der Waals surface area contributed by atoms with E-state index in [2.05, 4.69) is 5.32 Å². The molecule has 0 radical (unpaired) electrons. The van der Waals surface area contributed by atoms with Gasteiger partial charge in [-0.15, -0.1) is 0 Å². The number of amides is 1. The van der Waals surface area contributed by atoms with E-state index in [0.717, 1.165) is 5.56 Å². The van der Waals surface area contributed by atoms with Gasteiger partial charge in [-0.2, -0.15) is 5.26 Å². The summed E-state index contributed by atoms with van der Waals surface area (Å²) in [5.41, 5.74) is 1.90. The van der Waals surface area contributed by atoms with E-state index in [1.54, 1.807) is 30.3 Å². The second kappa shape index (κ2) is 8.50. The van der Waals surface area contributed by atoms with Crippen molar-refractivity contribution in [3.63, 3.8) is 0 Å². The maximum absolute atomic E-state index is 12.1. The summed E-state index contributed by atoms with van der Waals surface area (Å²) in [4.78, 5) is 23.9. The zero-order valence-electron chi connectivity index (χ0n) is 14.0.